The van der Waals surface area contributed by atoms with Crippen molar-refractivity contribution < 1.29 is 14.6 Å². The third-order valence-electron chi connectivity index (χ3n) is 2.90. The van der Waals surface area contributed by atoms with Gasteiger partial charge in [-0.25, -0.2) is 5.43 Å². The molecule has 0 radical (unpaired) electrons. The summed E-state index contributed by atoms with van der Waals surface area (Å²) in [5, 5.41) is 13.8. The Morgan fingerprint density at radius 3 is 2.77 bits per heavy atom. The van der Waals surface area contributed by atoms with Gasteiger partial charge in [-0.1, -0.05) is 30.3 Å². The highest BCUT2D eigenvalue weighted by molar-refractivity contribution is 9.10. The largest absolute Gasteiger partial charge is 0.506 e. The van der Waals surface area contributed by atoms with Gasteiger partial charge in [0.1, 0.15) is 11.5 Å². The summed E-state index contributed by atoms with van der Waals surface area (Å²) in [5.41, 5.74) is 3.77. The molecule has 2 aromatic rings. The molecule has 2 rings (SSSR count). The van der Waals surface area contributed by atoms with Crippen LogP contribution in [-0.2, 0) is 11.2 Å². The minimum atomic E-state index is -0.232. The highest BCUT2D eigenvalue weighted by atomic mass is 79.9. The Morgan fingerprint density at radius 2 is 2.09 bits per heavy atom. The van der Waals surface area contributed by atoms with Gasteiger partial charge in [-0.3, -0.25) is 4.79 Å². The van der Waals surface area contributed by atoms with E-state index in [0.717, 1.165) is 5.56 Å². The summed E-state index contributed by atoms with van der Waals surface area (Å²) in [6.07, 6.45) is 1.61. The van der Waals surface area contributed by atoms with Gasteiger partial charge in [0.25, 0.3) is 0 Å². The molecular formula is C16H15BrN2O3. The van der Waals surface area contributed by atoms with E-state index in [1.165, 1.54) is 13.3 Å². The molecule has 22 heavy (non-hydrogen) atoms. The van der Waals surface area contributed by atoms with Crippen molar-refractivity contribution in [1.29, 1.82) is 0 Å². The SMILES string of the molecule is COc1cc(Br)c(O)c(/C=N\NC(=O)Cc2ccccc2)c1. The lowest BCUT2D eigenvalue weighted by atomic mass is 10.1. The van der Waals surface area contributed by atoms with Gasteiger partial charge in [0.15, 0.2) is 0 Å². The van der Waals surface area contributed by atoms with Crippen LogP contribution < -0.4 is 10.2 Å². The number of hydrogen-bond acceptors (Lipinski definition) is 4. The van der Waals surface area contributed by atoms with Crippen LogP contribution in [0.4, 0.5) is 0 Å². The fourth-order valence-electron chi connectivity index (χ4n) is 1.81. The molecule has 2 N–H and O–H groups in total. The van der Waals surface area contributed by atoms with E-state index in [2.05, 4.69) is 26.5 Å². The predicted molar refractivity (Wildman–Crippen MR) is 88.2 cm³/mol. The number of rotatable bonds is 5. The molecule has 0 aromatic heterocycles. The van der Waals surface area contributed by atoms with E-state index in [-0.39, 0.29) is 18.1 Å². The molecule has 0 atom stereocenters. The molecule has 1 amide bonds. The van der Waals surface area contributed by atoms with Crippen molar-refractivity contribution in [3.8, 4) is 11.5 Å². The zero-order chi connectivity index (χ0) is 15.9. The molecule has 0 unspecified atom stereocenters. The van der Waals surface area contributed by atoms with E-state index in [9.17, 15) is 9.90 Å². The van der Waals surface area contributed by atoms with Crippen molar-refractivity contribution in [3.05, 3.63) is 58.1 Å². The number of carbonyl (C=O) groups excluding carboxylic acids is 1. The molecule has 114 valence electrons. The van der Waals surface area contributed by atoms with E-state index < -0.39 is 0 Å². The van der Waals surface area contributed by atoms with E-state index in [0.29, 0.717) is 15.8 Å². The maximum absolute atomic E-state index is 11.8. The minimum absolute atomic E-state index is 0.0295. The first-order valence-corrected chi connectivity index (χ1v) is 7.32. The second-order valence-electron chi connectivity index (χ2n) is 4.50. The Balaban J connectivity index is 2.00. The molecule has 0 heterocycles. The number of benzene rings is 2. The van der Waals surface area contributed by atoms with Crippen molar-refractivity contribution in [3.63, 3.8) is 0 Å². The number of ether oxygens (including phenoxy) is 1. The number of methoxy groups -OCH3 is 1. The number of phenolic OH excluding ortho intramolecular Hbond substituents is 1. The molecular weight excluding hydrogens is 348 g/mol. The number of phenols is 1. The van der Waals surface area contributed by atoms with Gasteiger partial charge in [-0.15, -0.1) is 0 Å². The first-order valence-electron chi connectivity index (χ1n) is 6.52. The van der Waals surface area contributed by atoms with Crippen LogP contribution >= 0.6 is 15.9 Å². The van der Waals surface area contributed by atoms with Gasteiger partial charge in [-0.05, 0) is 33.6 Å². The van der Waals surface area contributed by atoms with Crippen molar-refractivity contribution in [1.82, 2.24) is 5.43 Å². The summed E-state index contributed by atoms with van der Waals surface area (Å²) in [6, 6.07) is 12.6. The quantitative estimate of drug-likeness (QED) is 0.634. The van der Waals surface area contributed by atoms with Gasteiger partial charge in [0.05, 0.1) is 24.2 Å². The third kappa shape index (κ3) is 4.33. The molecule has 0 bridgehead atoms. The molecule has 0 saturated heterocycles. The highest BCUT2D eigenvalue weighted by Crippen LogP contribution is 2.31. The van der Waals surface area contributed by atoms with Gasteiger partial charge >= 0.3 is 0 Å². The Hall–Kier alpha value is -2.34. The Labute approximate surface area is 136 Å². The normalized spacial score (nSPS) is 10.6. The summed E-state index contributed by atoms with van der Waals surface area (Å²) in [6.45, 7) is 0. The highest BCUT2D eigenvalue weighted by Gasteiger charge is 2.07. The average Bonchev–Trinajstić information content (AvgIpc) is 2.52. The molecule has 0 fully saturated rings. The second-order valence-corrected chi connectivity index (χ2v) is 5.36. The molecule has 6 heteroatoms. The van der Waals surface area contributed by atoms with E-state index in [1.54, 1.807) is 12.1 Å². The van der Waals surface area contributed by atoms with Gasteiger partial charge < -0.3 is 9.84 Å². The van der Waals surface area contributed by atoms with Crippen LogP contribution in [0.5, 0.6) is 11.5 Å². The van der Waals surface area contributed by atoms with Crippen LogP contribution in [-0.4, -0.2) is 24.3 Å². The number of aromatic hydroxyl groups is 1. The Morgan fingerprint density at radius 1 is 1.36 bits per heavy atom. The molecule has 0 aliphatic carbocycles. The fourth-order valence-corrected chi connectivity index (χ4v) is 2.26. The summed E-state index contributed by atoms with van der Waals surface area (Å²) < 4.78 is 5.60. The molecule has 2 aromatic carbocycles. The van der Waals surface area contributed by atoms with E-state index in [1.807, 2.05) is 30.3 Å². The molecule has 5 nitrogen and oxygen atoms in total. The van der Waals surface area contributed by atoms with Crippen LogP contribution in [0, 0.1) is 0 Å². The molecule has 0 aliphatic heterocycles. The topological polar surface area (TPSA) is 70.9 Å². The standard InChI is InChI=1S/C16H15BrN2O3/c1-22-13-8-12(16(21)14(17)9-13)10-18-19-15(20)7-11-5-3-2-4-6-11/h2-6,8-10,21H,7H2,1H3,(H,19,20)/b18-10-. The average molecular weight is 363 g/mol. The number of amides is 1. The second kappa shape index (κ2) is 7.61. The number of hydrogen-bond donors (Lipinski definition) is 2. The van der Waals surface area contributed by atoms with E-state index >= 15 is 0 Å². The monoisotopic (exact) mass is 362 g/mol. The molecule has 0 spiro atoms. The van der Waals surface area contributed by atoms with Crippen LogP contribution in [0.3, 0.4) is 0 Å². The number of hydrazone groups is 1. The minimum Gasteiger partial charge on any atom is -0.506 e. The molecule has 0 saturated carbocycles. The summed E-state index contributed by atoms with van der Waals surface area (Å²) in [5.74, 6) is 0.368. The maximum atomic E-state index is 11.8. The van der Waals surface area contributed by atoms with Crippen LogP contribution in [0.1, 0.15) is 11.1 Å². The van der Waals surface area contributed by atoms with Crippen LogP contribution in [0.15, 0.2) is 52.0 Å². The number of halogens is 1. The number of nitrogens with one attached hydrogen (secondary N) is 1. The maximum Gasteiger partial charge on any atom is 0.244 e. The smallest absolute Gasteiger partial charge is 0.244 e. The molecule has 0 aliphatic rings. The van der Waals surface area contributed by atoms with Crippen molar-refractivity contribution >= 4 is 28.1 Å². The van der Waals surface area contributed by atoms with Gasteiger partial charge in [0.2, 0.25) is 5.91 Å². The lowest BCUT2D eigenvalue weighted by molar-refractivity contribution is -0.120. The number of carbonyl (C=O) groups is 1. The van der Waals surface area contributed by atoms with Crippen LogP contribution in [0.2, 0.25) is 0 Å². The van der Waals surface area contributed by atoms with E-state index in [4.69, 9.17) is 4.74 Å². The van der Waals surface area contributed by atoms with Crippen molar-refractivity contribution in [2.75, 3.05) is 7.11 Å². The lowest BCUT2D eigenvalue weighted by Crippen LogP contribution is -2.19. The zero-order valence-corrected chi connectivity index (χ0v) is 13.5. The first kappa shape index (κ1) is 16.0. The summed E-state index contributed by atoms with van der Waals surface area (Å²) in [7, 11) is 1.53. The third-order valence-corrected chi connectivity index (χ3v) is 3.51. The Kier molecular flexibility index (Phi) is 5.55. The van der Waals surface area contributed by atoms with Crippen LogP contribution in [0.25, 0.3) is 0 Å². The number of nitrogens with zero attached hydrogens (tertiary/aromatic N) is 1. The zero-order valence-electron chi connectivity index (χ0n) is 11.9. The summed E-state index contributed by atoms with van der Waals surface area (Å²) >= 11 is 3.22. The van der Waals surface area contributed by atoms with Gasteiger partial charge in [-0.2, -0.15) is 5.10 Å². The fraction of sp³-hybridized carbons (Fsp3) is 0.125. The first-order chi connectivity index (χ1) is 10.6. The van der Waals surface area contributed by atoms with Crippen molar-refractivity contribution in [2.45, 2.75) is 6.42 Å². The Bertz CT molecular complexity index is 687. The summed E-state index contributed by atoms with van der Waals surface area (Å²) in [4.78, 5) is 11.8. The van der Waals surface area contributed by atoms with Gasteiger partial charge in [0, 0.05) is 5.56 Å². The lowest BCUT2D eigenvalue weighted by Gasteiger charge is -2.06. The predicted octanol–water partition coefficient (Wildman–Crippen LogP) is 2.86. The van der Waals surface area contributed by atoms with Crippen molar-refractivity contribution in [2.24, 2.45) is 5.10 Å².